The Morgan fingerprint density at radius 2 is 2.20 bits per heavy atom. The number of hydrogen-bond acceptors (Lipinski definition) is 3. The highest BCUT2D eigenvalue weighted by molar-refractivity contribution is 7.15. The molecule has 3 rings (SSSR count). The number of nitrogens with zero attached hydrogens (tertiary/aromatic N) is 1. The number of thiazole rings is 1. The predicted octanol–water partition coefficient (Wildman–Crippen LogP) is 4.24. The molecule has 106 valence electrons. The number of halogens is 1. The number of aryl methyl sites for hydroxylation is 1. The van der Waals surface area contributed by atoms with E-state index >= 15 is 0 Å². The molecule has 1 aliphatic carbocycles. The molecule has 2 aromatic rings. The third kappa shape index (κ3) is 2.76. The first-order chi connectivity index (χ1) is 9.69. The third-order valence-electron chi connectivity index (χ3n) is 3.63. The van der Waals surface area contributed by atoms with Crippen LogP contribution >= 0.6 is 11.3 Å². The maximum atomic E-state index is 13.4. The van der Waals surface area contributed by atoms with E-state index in [2.05, 4.69) is 12.2 Å². The van der Waals surface area contributed by atoms with Crippen molar-refractivity contribution in [3.63, 3.8) is 0 Å². The second-order valence-electron chi connectivity index (χ2n) is 5.35. The molecule has 0 spiro atoms. The first-order valence-electron chi connectivity index (χ1n) is 7.16. The average Bonchev–Trinajstić information content (AvgIpc) is 3.20. The molecule has 20 heavy (non-hydrogen) atoms. The second kappa shape index (κ2) is 5.62. The minimum Gasteiger partial charge on any atom is -0.312 e. The molecule has 0 aliphatic heterocycles. The molecular weight excluding hydrogens is 271 g/mol. The highest BCUT2D eigenvalue weighted by Crippen LogP contribution is 2.44. The van der Waals surface area contributed by atoms with Crippen LogP contribution < -0.4 is 5.32 Å². The van der Waals surface area contributed by atoms with E-state index in [-0.39, 0.29) is 5.82 Å². The van der Waals surface area contributed by atoms with Crippen molar-refractivity contribution in [2.24, 2.45) is 0 Å². The Morgan fingerprint density at radius 1 is 1.40 bits per heavy atom. The van der Waals surface area contributed by atoms with Crippen LogP contribution in [0.25, 0.3) is 10.6 Å². The minimum atomic E-state index is -0.152. The fourth-order valence-corrected chi connectivity index (χ4v) is 3.42. The Hall–Kier alpha value is -1.26. The zero-order valence-electron chi connectivity index (χ0n) is 11.9. The lowest BCUT2D eigenvalue weighted by atomic mass is 10.1. The van der Waals surface area contributed by atoms with Gasteiger partial charge in [-0.2, -0.15) is 0 Å². The van der Waals surface area contributed by atoms with E-state index in [1.165, 1.54) is 29.5 Å². The molecule has 0 bridgehead atoms. The second-order valence-corrected chi connectivity index (χ2v) is 6.43. The van der Waals surface area contributed by atoms with Crippen molar-refractivity contribution in [3.05, 3.63) is 40.2 Å². The summed E-state index contributed by atoms with van der Waals surface area (Å²) in [6, 6.07) is 5.25. The number of hydrogen-bond donors (Lipinski definition) is 1. The van der Waals surface area contributed by atoms with Crippen LogP contribution in [0.5, 0.6) is 0 Å². The van der Waals surface area contributed by atoms with Gasteiger partial charge in [-0.05, 0) is 50.1 Å². The highest BCUT2D eigenvalue weighted by Gasteiger charge is 2.29. The Labute approximate surface area is 123 Å². The zero-order valence-corrected chi connectivity index (χ0v) is 12.7. The fraction of sp³-hybridized carbons (Fsp3) is 0.438. The van der Waals surface area contributed by atoms with E-state index in [1.54, 1.807) is 18.3 Å². The monoisotopic (exact) mass is 290 g/mol. The summed E-state index contributed by atoms with van der Waals surface area (Å²) in [5.41, 5.74) is 2.96. The Balaban J connectivity index is 1.94. The maximum absolute atomic E-state index is 13.4. The first-order valence-corrected chi connectivity index (χ1v) is 7.97. The summed E-state index contributed by atoms with van der Waals surface area (Å²) in [6.07, 6.45) is 2.51. The summed E-state index contributed by atoms with van der Waals surface area (Å²) in [5, 5.41) is 4.40. The number of aromatic nitrogens is 1. The lowest BCUT2D eigenvalue weighted by molar-refractivity contribution is 0.619. The topological polar surface area (TPSA) is 24.9 Å². The van der Waals surface area contributed by atoms with E-state index in [0.29, 0.717) is 11.5 Å². The first kappa shape index (κ1) is 13.7. The number of nitrogens with one attached hydrogen (secondary N) is 1. The minimum absolute atomic E-state index is 0.152. The molecule has 1 aromatic heterocycles. The standard InChI is InChI=1S/C16H19FN2S/c1-3-18-9-14-15(11-4-5-11)19-16(20-14)12-6-7-13(17)10(2)8-12/h6-8,11,18H,3-5,9H2,1-2H3. The Kier molecular flexibility index (Phi) is 3.85. The van der Waals surface area contributed by atoms with Gasteiger partial charge in [-0.1, -0.05) is 6.92 Å². The largest absolute Gasteiger partial charge is 0.312 e. The number of benzene rings is 1. The van der Waals surface area contributed by atoms with Crippen LogP contribution in [0.3, 0.4) is 0 Å². The van der Waals surface area contributed by atoms with E-state index < -0.39 is 0 Å². The molecule has 1 heterocycles. The highest BCUT2D eigenvalue weighted by atomic mass is 32.1. The summed E-state index contributed by atoms with van der Waals surface area (Å²) < 4.78 is 13.4. The average molecular weight is 290 g/mol. The lowest BCUT2D eigenvalue weighted by Crippen LogP contribution is -2.11. The molecule has 0 unspecified atom stereocenters. The normalized spacial score (nSPS) is 14.8. The van der Waals surface area contributed by atoms with Crippen LogP contribution in [0, 0.1) is 12.7 Å². The van der Waals surface area contributed by atoms with Crippen LogP contribution in [0.4, 0.5) is 4.39 Å². The Bertz CT molecular complexity index is 617. The van der Waals surface area contributed by atoms with Crippen molar-refractivity contribution in [1.82, 2.24) is 10.3 Å². The van der Waals surface area contributed by atoms with Gasteiger partial charge in [0.1, 0.15) is 10.8 Å². The summed E-state index contributed by atoms with van der Waals surface area (Å²) in [4.78, 5) is 6.16. The van der Waals surface area contributed by atoms with Crippen LogP contribution in [0.1, 0.15) is 41.8 Å². The molecule has 1 N–H and O–H groups in total. The van der Waals surface area contributed by atoms with E-state index in [1.807, 2.05) is 12.1 Å². The molecule has 2 nitrogen and oxygen atoms in total. The SMILES string of the molecule is CCNCc1sc(-c2ccc(F)c(C)c2)nc1C1CC1. The van der Waals surface area contributed by atoms with Gasteiger partial charge in [0.05, 0.1) is 5.69 Å². The lowest BCUT2D eigenvalue weighted by Gasteiger charge is -2.00. The molecule has 4 heteroatoms. The maximum Gasteiger partial charge on any atom is 0.126 e. The van der Waals surface area contributed by atoms with Crippen LogP contribution in [-0.2, 0) is 6.54 Å². The van der Waals surface area contributed by atoms with E-state index in [4.69, 9.17) is 4.98 Å². The van der Waals surface area contributed by atoms with E-state index in [9.17, 15) is 4.39 Å². The molecule has 1 aliphatic rings. The molecule has 0 amide bonds. The summed E-state index contributed by atoms with van der Waals surface area (Å²) in [6.45, 7) is 5.77. The van der Waals surface area contributed by atoms with Gasteiger partial charge in [-0.25, -0.2) is 9.37 Å². The van der Waals surface area contributed by atoms with E-state index in [0.717, 1.165) is 23.7 Å². The predicted molar refractivity (Wildman–Crippen MR) is 81.6 cm³/mol. The molecule has 1 aromatic carbocycles. The summed E-state index contributed by atoms with van der Waals surface area (Å²) in [7, 11) is 0. The van der Waals surface area contributed by atoms with Gasteiger partial charge < -0.3 is 5.32 Å². The fourth-order valence-electron chi connectivity index (χ4n) is 2.31. The van der Waals surface area contributed by atoms with Crippen molar-refractivity contribution in [2.45, 2.75) is 39.2 Å². The van der Waals surface area contributed by atoms with Crippen molar-refractivity contribution in [3.8, 4) is 10.6 Å². The Morgan fingerprint density at radius 3 is 2.85 bits per heavy atom. The molecule has 0 saturated heterocycles. The van der Waals surface area contributed by atoms with Crippen molar-refractivity contribution in [1.29, 1.82) is 0 Å². The third-order valence-corrected chi connectivity index (χ3v) is 4.75. The van der Waals surface area contributed by atoms with Gasteiger partial charge >= 0.3 is 0 Å². The summed E-state index contributed by atoms with van der Waals surface area (Å²) >= 11 is 1.74. The zero-order chi connectivity index (χ0) is 14.1. The molecule has 1 fully saturated rings. The quantitative estimate of drug-likeness (QED) is 0.890. The van der Waals surface area contributed by atoms with Crippen LogP contribution in [0.15, 0.2) is 18.2 Å². The van der Waals surface area contributed by atoms with Crippen molar-refractivity contribution >= 4 is 11.3 Å². The van der Waals surface area contributed by atoms with Gasteiger partial charge in [0.15, 0.2) is 0 Å². The summed E-state index contributed by atoms with van der Waals surface area (Å²) in [5.74, 6) is 0.496. The number of rotatable bonds is 5. The molecule has 1 saturated carbocycles. The van der Waals surface area contributed by atoms with Crippen LogP contribution in [-0.4, -0.2) is 11.5 Å². The van der Waals surface area contributed by atoms with Gasteiger partial charge in [0.2, 0.25) is 0 Å². The van der Waals surface area contributed by atoms with Gasteiger partial charge in [-0.15, -0.1) is 11.3 Å². The molecular formula is C16H19FN2S. The van der Waals surface area contributed by atoms with Crippen molar-refractivity contribution in [2.75, 3.05) is 6.54 Å². The smallest absolute Gasteiger partial charge is 0.126 e. The van der Waals surface area contributed by atoms with Gasteiger partial charge in [-0.3, -0.25) is 0 Å². The van der Waals surface area contributed by atoms with Crippen LogP contribution in [0.2, 0.25) is 0 Å². The van der Waals surface area contributed by atoms with Crippen molar-refractivity contribution < 1.29 is 4.39 Å². The van der Waals surface area contributed by atoms with Gasteiger partial charge in [0.25, 0.3) is 0 Å². The van der Waals surface area contributed by atoms with Gasteiger partial charge in [0, 0.05) is 22.9 Å². The molecule has 0 atom stereocenters. The molecule has 0 radical (unpaired) electrons.